The van der Waals surface area contributed by atoms with Gasteiger partial charge in [-0.3, -0.25) is 24.1 Å². The number of nitrogens with one attached hydrogen (secondary N) is 2. The molecule has 0 saturated carbocycles. The van der Waals surface area contributed by atoms with Gasteiger partial charge in [-0.25, -0.2) is 9.78 Å². The topological polar surface area (TPSA) is 185 Å². The third kappa shape index (κ3) is 11.9. The number of nitrogens with zero attached hydrogens (tertiary/aromatic N) is 5. The number of carbonyl (C=O) groups excluding carboxylic acids is 4. The van der Waals surface area contributed by atoms with Crippen molar-refractivity contribution in [1.29, 1.82) is 0 Å². The summed E-state index contributed by atoms with van der Waals surface area (Å²) in [5.74, 6) is -1.48. The van der Waals surface area contributed by atoms with E-state index in [1.54, 1.807) is 16.2 Å². The fraction of sp³-hybridized carbons (Fsp3) is 0.556. The van der Waals surface area contributed by atoms with Crippen LogP contribution in [0.3, 0.4) is 0 Å². The molecule has 5 atom stereocenters. The Morgan fingerprint density at radius 1 is 0.918 bits per heavy atom. The predicted octanol–water partition coefficient (Wildman–Crippen LogP) is 5.38. The second kappa shape index (κ2) is 19.8. The Morgan fingerprint density at radius 2 is 1.54 bits per heavy atom. The number of β-amino-alcohol motifs (C(OH)–C–C–N with tert-alkyl or cyclic N) is 1. The van der Waals surface area contributed by atoms with Gasteiger partial charge in [0.05, 0.1) is 47.3 Å². The number of rotatable bonds is 14. The van der Waals surface area contributed by atoms with E-state index in [0.717, 1.165) is 32.9 Å². The molecular weight excluding hydrogens is 799 g/mol. The zero-order chi connectivity index (χ0) is 44.8. The van der Waals surface area contributed by atoms with Crippen molar-refractivity contribution < 1.29 is 38.9 Å². The molecule has 4 N–H and O–H groups in total. The van der Waals surface area contributed by atoms with Gasteiger partial charge in [0.1, 0.15) is 18.7 Å². The number of piperazine rings is 1. The summed E-state index contributed by atoms with van der Waals surface area (Å²) in [6, 6.07) is 13.2. The number of hydrogen-bond acceptors (Lipinski definition) is 10. The van der Waals surface area contributed by atoms with Crippen LogP contribution in [0, 0.1) is 12.3 Å². The number of benzene rings is 2. The molecule has 15 nitrogen and oxygen atoms in total. The van der Waals surface area contributed by atoms with Crippen LogP contribution in [0.1, 0.15) is 97.1 Å². The third-order valence-corrected chi connectivity index (χ3v) is 12.4. The van der Waals surface area contributed by atoms with E-state index in [0.29, 0.717) is 26.2 Å². The van der Waals surface area contributed by atoms with Gasteiger partial charge in [0, 0.05) is 50.4 Å². The highest BCUT2D eigenvalue weighted by Gasteiger charge is 2.45. The molecule has 2 aromatic carbocycles. The normalized spacial score (nSPS) is 18.6. The number of ether oxygens (including phenoxy) is 1. The van der Waals surface area contributed by atoms with E-state index in [2.05, 4.69) is 20.5 Å². The molecule has 16 heteroatoms. The Balaban J connectivity index is 1.07. The van der Waals surface area contributed by atoms with Crippen molar-refractivity contribution in [1.82, 2.24) is 30.3 Å². The SMILES string of the molecule is Cc1ncsc1-c1ccc([C@H](C)NC(=O)[C@@H]2C[C@@H](O)CN2C(=O)[C@@H](NC(=O)COCCC(=O)N2CCN(c3ccc([C@H](C)N(C(=O)O)C(C)(C)C)cc3)CC2)C(C)(C)C)cc1. The number of thiazole rings is 1. The number of hydrogen-bond donors (Lipinski definition) is 4. The Hall–Kier alpha value is -5.06. The van der Waals surface area contributed by atoms with Crippen molar-refractivity contribution in [3.63, 3.8) is 0 Å². The Labute approximate surface area is 363 Å². The third-order valence-electron chi connectivity index (χ3n) is 11.4. The first-order chi connectivity index (χ1) is 28.6. The fourth-order valence-electron chi connectivity index (χ4n) is 8.06. The number of carboxylic acid groups (broad SMARTS) is 1. The van der Waals surface area contributed by atoms with Crippen molar-refractivity contribution in [3.8, 4) is 10.4 Å². The van der Waals surface area contributed by atoms with Crippen LogP contribution in [0.2, 0.25) is 0 Å². The lowest BCUT2D eigenvalue weighted by molar-refractivity contribution is -0.144. The monoisotopic (exact) mass is 861 g/mol. The number of carbonyl (C=O) groups is 5. The van der Waals surface area contributed by atoms with Gasteiger partial charge in [-0.1, -0.05) is 57.2 Å². The van der Waals surface area contributed by atoms with E-state index in [-0.39, 0.29) is 56.5 Å². The van der Waals surface area contributed by atoms with E-state index < -0.39 is 47.0 Å². The molecule has 0 radical (unpaired) electrons. The Morgan fingerprint density at radius 3 is 2.10 bits per heavy atom. The molecule has 3 aromatic rings. The number of aliphatic hydroxyl groups excluding tert-OH is 1. The first kappa shape index (κ1) is 47.0. The lowest BCUT2D eigenvalue weighted by Crippen LogP contribution is -2.58. The smallest absolute Gasteiger partial charge is 0.408 e. The summed E-state index contributed by atoms with van der Waals surface area (Å²) in [4.78, 5) is 78.0. The molecule has 3 heterocycles. The van der Waals surface area contributed by atoms with Crippen LogP contribution in [-0.4, -0.2) is 129 Å². The second-order valence-corrected chi connectivity index (χ2v) is 19.0. The summed E-state index contributed by atoms with van der Waals surface area (Å²) in [6.07, 6.45) is -1.70. The minimum absolute atomic E-state index is 0.0223. The molecule has 5 amide bonds. The summed E-state index contributed by atoms with van der Waals surface area (Å²) in [5, 5.41) is 26.2. The predicted molar refractivity (Wildman–Crippen MR) is 235 cm³/mol. The highest BCUT2D eigenvalue weighted by molar-refractivity contribution is 7.13. The molecule has 0 aliphatic carbocycles. The van der Waals surface area contributed by atoms with Gasteiger partial charge in [-0.05, 0) is 75.8 Å². The average molecular weight is 862 g/mol. The van der Waals surface area contributed by atoms with Gasteiger partial charge in [-0.2, -0.15) is 0 Å². The van der Waals surface area contributed by atoms with Crippen molar-refractivity contribution in [3.05, 3.63) is 70.9 Å². The van der Waals surface area contributed by atoms with Gasteiger partial charge in [0.2, 0.25) is 23.6 Å². The highest BCUT2D eigenvalue weighted by atomic mass is 32.1. The van der Waals surface area contributed by atoms with Crippen LogP contribution < -0.4 is 15.5 Å². The number of amides is 5. The van der Waals surface area contributed by atoms with Crippen molar-refractivity contribution in [2.24, 2.45) is 5.41 Å². The maximum atomic E-state index is 14.1. The highest BCUT2D eigenvalue weighted by Crippen LogP contribution is 2.31. The fourth-order valence-corrected chi connectivity index (χ4v) is 8.87. The van der Waals surface area contributed by atoms with E-state index >= 15 is 0 Å². The van der Waals surface area contributed by atoms with E-state index in [1.165, 1.54) is 9.80 Å². The minimum Gasteiger partial charge on any atom is -0.465 e. The molecule has 0 bridgehead atoms. The van der Waals surface area contributed by atoms with Gasteiger partial charge < -0.3 is 40.3 Å². The van der Waals surface area contributed by atoms with Crippen LogP contribution in [0.4, 0.5) is 10.5 Å². The zero-order valence-corrected chi connectivity index (χ0v) is 37.8. The molecular formula is C45H63N7O8S. The van der Waals surface area contributed by atoms with Crippen LogP contribution >= 0.6 is 11.3 Å². The number of anilines is 1. The van der Waals surface area contributed by atoms with E-state index in [9.17, 15) is 34.2 Å². The number of aryl methyl sites for hydroxylation is 1. The molecule has 0 unspecified atom stereocenters. The zero-order valence-electron chi connectivity index (χ0n) is 36.9. The average Bonchev–Trinajstić information content (AvgIpc) is 3.82. The molecule has 2 aliphatic rings. The molecule has 61 heavy (non-hydrogen) atoms. The summed E-state index contributed by atoms with van der Waals surface area (Å²) in [5.41, 5.74) is 5.30. The molecule has 5 rings (SSSR count). The van der Waals surface area contributed by atoms with Gasteiger partial charge in [0.15, 0.2) is 0 Å². The summed E-state index contributed by atoms with van der Waals surface area (Å²) in [6.45, 7) is 18.7. The summed E-state index contributed by atoms with van der Waals surface area (Å²) < 4.78 is 5.60. The molecule has 2 fully saturated rings. The largest absolute Gasteiger partial charge is 0.465 e. The number of likely N-dealkylation sites (tertiary alicyclic amines) is 1. The first-order valence-corrected chi connectivity index (χ1v) is 21.8. The Kier molecular flexibility index (Phi) is 15.2. The maximum Gasteiger partial charge on any atom is 0.408 e. The molecule has 2 saturated heterocycles. The second-order valence-electron chi connectivity index (χ2n) is 18.1. The van der Waals surface area contributed by atoms with Crippen molar-refractivity contribution in [2.75, 3.05) is 50.8 Å². The first-order valence-electron chi connectivity index (χ1n) is 21.0. The van der Waals surface area contributed by atoms with Crippen LogP contribution in [0.5, 0.6) is 0 Å². The maximum absolute atomic E-state index is 14.1. The van der Waals surface area contributed by atoms with E-state index in [1.807, 2.05) is 116 Å². The van der Waals surface area contributed by atoms with Crippen LogP contribution in [0.15, 0.2) is 54.0 Å². The lowest BCUT2D eigenvalue weighted by Gasteiger charge is -2.38. The van der Waals surface area contributed by atoms with Gasteiger partial charge in [0.25, 0.3) is 0 Å². The van der Waals surface area contributed by atoms with Crippen LogP contribution in [0.25, 0.3) is 10.4 Å². The van der Waals surface area contributed by atoms with Crippen LogP contribution in [-0.2, 0) is 23.9 Å². The van der Waals surface area contributed by atoms with E-state index in [4.69, 9.17) is 4.74 Å². The van der Waals surface area contributed by atoms with Gasteiger partial charge >= 0.3 is 6.09 Å². The molecule has 0 spiro atoms. The standard InChI is InChI=1S/C45H63N7O8S/c1-28(31-10-12-33(13-11-31)39-29(2)46-27-61-39)47-41(56)36-24-35(53)25-51(36)42(57)40(44(4,5)6)48-37(54)26-60-23-18-38(55)50-21-19-49(20-22-50)34-16-14-32(15-17-34)30(3)52(43(58)59)45(7,8)9/h10-17,27-28,30,35-36,40,53H,18-26H2,1-9H3,(H,47,56)(H,48,54)(H,58,59)/t28-,30-,35+,36-,40+/m0/s1. The lowest BCUT2D eigenvalue weighted by atomic mass is 9.85. The number of aliphatic hydroxyl groups is 1. The van der Waals surface area contributed by atoms with Crippen molar-refractivity contribution >= 4 is 46.7 Å². The minimum atomic E-state index is -1.01. The summed E-state index contributed by atoms with van der Waals surface area (Å²) in [7, 11) is 0. The quantitative estimate of drug-likeness (QED) is 0.154. The molecule has 332 valence electrons. The summed E-state index contributed by atoms with van der Waals surface area (Å²) >= 11 is 1.57. The molecule has 1 aromatic heterocycles. The van der Waals surface area contributed by atoms with Gasteiger partial charge in [-0.15, -0.1) is 11.3 Å². The number of aromatic nitrogens is 1. The van der Waals surface area contributed by atoms with Crippen molar-refractivity contribution in [2.45, 2.75) is 111 Å². The molecule has 2 aliphatic heterocycles. The Bertz CT molecular complexity index is 2000.